The second-order valence-electron chi connectivity index (χ2n) is 4.95. The molecule has 0 bridgehead atoms. The van der Waals surface area contributed by atoms with Gasteiger partial charge in [-0.3, -0.25) is 4.40 Å². The fourth-order valence-corrected chi connectivity index (χ4v) is 3.65. The molecule has 4 nitrogen and oxygen atoms in total. The number of anilines is 1. The number of imidazole rings is 1. The van der Waals surface area contributed by atoms with Gasteiger partial charge >= 0.3 is 0 Å². The molecule has 3 aromatic rings. The van der Waals surface area contributed by atoms with Gasteiger partial charge in [-0.2, -0.15) is 0 Å². The van der Waals surface area contributed by atoms with Gasteiger partial charge < -0.3 is 10.6 Å². The number of nitrogens with two attached hydrogens (primary N) is 1. The number of hydrogen-bond acceptors (Lipinski definition) is 4. The van der Waals surface area contributed by atoms with E-state index in [0.717, 1.165) is 22.7 Å². The second-order valence-corrected chi connectivity index (χ2v) is 6.38. The van der Waals surface area contributed by atoms with Crippen LogP contribution in [0.1, 0.15) is 5.69 Å². The zero-order valence-electron chi connectivity index (χ0n) is 11.6. The van der Waals surface area contributed by atoms with E-state index in [0.29, 0.717) is 5.02 Å². The minimum atomic E-state index is -0.178. The van der Waals surface area contributed by atoms with Crippen molar-refractivity contribution in [2.24, 2.45) is 5.73 Å². The zero-order chi connectivity index (χ0) is 15.1. The van der Waals surface area contributed by atoms with E-state index in [-0.39, 0.29) is 5.50 Å². The minimum absolute atomic E-state index is 0.178. The van der Waals surface area contributed by atoms with E-state index in [9.17, 15) is 0 Å². The van der Waals surface area contributed by atoms with Crippen molar-refractivity contribution in [3.05, 3.63) is 71.0 Å². The number of halogens is 1. The lowest BCUT2D eigenvalue weighted by Crippen LogP contribution is -2.34. The molecule has 0 spiro atoms. The van der Waals surface area contributed by atoms with Crippen LogP contribution in [0, 0.1) is 0 Å². The van der Waals surface area contributed by atoms with Crippen molar-refractivity contribution in [2.75, 3.05) is 4.90 Å². The van der Waals surface area contributed by atoms with E-state index in [1.54, 1.807) is 11.8 Å². The third-order valence-corrected chi connectivity index (χ3v) is 4.68. The van der Waals surface area contributed by atoms with Crippen LogP contribution in [-0.2, 0) is 0 Å². The van der Waals surface area contributed by atoms with Gasteiger partial charge in [0.05, 0.1) is 17.6 Å². The molecule has 1 aromatic carbocycles. The number of benzene rings is 1. The van der Waals surface area contributed by atoms with Gasteiger partial charge in [0.25, 0.3) is 0 Å². The molecule has 22 heavy (non-hydrogen) atoms. The average molecular weight is 329 g/mol. The number of aromatic nitrogens is 2. The summed E-state index contributed by atoms with van der Waals surface area (Å²) in [4.78, 5) is 6.53. The predicted molar refractivity (Wildman–Crippen MR) is 92.7 cm³/mol. The summed E-state index contributed by atoms with van der Waals surface area (Å²) in [6.07, 6.45) is 3.88. The maximum absolute atomic E-state index is 6.27. The SMILES string of the molecule is NC1SC=C(c2cnc3ccccn23)N1c1cccc(Cl)c1. The summed E-state index contributed by atoms with van der Waals surface area (Å²) in [5.74, 6) is 0. The first-order valence-corrected chi connectivity index (χ1v) is 8.14. The standard InChI is InChI=1S/C16H13ClN4S/c17-11-4-3-5-12(8-11)21-14(10-22-16(21)18)13-9-19-15-6-1-2-7-20(13)15/h1-10,16H,18H2. The molecule has 3 heterocycles. The molecular weight excluding hydrogens is 316 g/mol. The molecule has 1 unspecified atom stereocenters. The predicted octanol–water partition coefficient (Wildman–Crippen LogP) is 3.78. The Morgan fingerprint density at radius 2 is 2.09 bits per heavy atom. The van der Waals surface area contributed by atoms with Gasteiger partial charge in [-0.05, 0) is 30.3 Å². The summed E-state index contributed by atoms with van der Waals surface area (Å²) < 4.78 is 2.06. The van der Waals surface area contributed by atoms with Gasteiger partial charge in [0, 0.05) is 22.3 Å². The van der Waals surface area contributed by atoms with Gasteiger partial charge in [0.1, 0.15) is 11.1 Å². The van der Waals surface area contributed by atoms with Crippen molar-refractivity contribution in [3.8, 4) is 0 Å². The van der Waals surface area contributed by atoms with Crippen LogP contribution in [0.2, 0.25) is 5.02 Å². The fraction of sp³-hybridized carbons (Fsp3) is 0.0625. The van der Waals surface area contributed by atoms with E-state index in [4.69, 9.17) is 17.3 Å². The van der Waals surface area contributed by atoms with E-state index in [1.165, 1.54) is 0 Å². The Morgan fingerprint density at radius 1 is 1.18 bits per heavy atom. The molecule has 0 radical (unpaired) electrons. The Labute approximate surface area is 137 Å². The summed E-state index contributed by atoms with van der Waals surface area (Å²) in [7, 11) is 0. The van der Waals surface area contributed by atoms with Crippen LogP contribution < -0.4 is 10.6 Å². The van der Waals surface area contributed by atoms with E-state index >= 15 is 0 Å². The fourth-order valence-electron chi connectivity index (χ4n) is 2.61. The van der Waals surface area contributed by atoms with Gasteiger partial charge in [-0.25, -0.2) is 4.98 Å². The number of thioether (sulfide) groups is 1. The molecular formula is C16H13ClN4S. The maximum Gasteiger partial charge on any atom is 0.137 e. The van der Waals surface area contributed by atoms with Crippen LogP contribution in [0.5, 0.6) is 0 Å². The van der Waals surface area contributed by atoms with Gasteiger partial charge in [0.2, 0.25) is 0 Å². The lowest BCUT2D eigenvalue weighted by Gasteiger charge is -2.26. The van der Waals surface area contributed by atoms with Crippen molar-refractivity contribution < 1.29 is 0 Å². The van der Waals surface area contributed by atoms with Crippen LogP contribution in [0.4, 0.5) is 5.69 Å². The Bertz CT molecular complexity index is 873. The summed E-state index contributed by atoms with van der Waals surface area (Å²) in [5, 5.41) is 2.77. The first kappa shape index (κ1) is 13.7. The summed E-state index contributed by atoms with van der Waals surface area (Å²) >= 11 is 7.71. The van der Waals surface area contributed by atoms with Crippen LogP contribution in [0.3, 0.4) is 0 Å². The third-order valence-electron chi connectivity index (χ3n) is 3.60. The minimum Gasteiger partial charge on any atom is -0.314 e. The molecule has 0 fully saturated rings. The molecule has 0 saturated carbocycles. The first-order valence-electron chi connectivity index (χ1n) is 6.82. The highest BCUT2D eigenvalue weighted by Crippen LogP contribution is 2.39. The maximum atomic E-state index is 6.27. The van der Waals surface area contributed by atoms with Crippen molar-refractivity contribution >= 4 is 40.4 Å². The number of hydrogen-bond donors (Lipinski definition) is 1. The van der Waals surface area contributed by atoms with Crippen molar-refractivity contribution in [1.29, 1.82) is 0 Å². The number of pyridine rings is 1. The van der Waals surface area contributed by atoms with Crippen molar-refractivity contribution in [1.82, 2.24) is 9.38 Å². The highest BCUT2D eigenvalue weighted by atomic mass is 35.5. The smallest absolute Gasteiger partial charge is 0.137 e. The molecule has 0 saturated heterocycles. The van der Waals surface area contributed by atoms with E-state index in [2.05, 4.69) is 19.7 Å². The highest BCUT2D eigenvalue weighted by Gasteiger charge is 2.28. The topological polar surface area (TPSA) is 46.6 Å². The molecule has 6 heteroatoms. The number of rotatable bonds is 2. The molecule has 2 aromatic heterocycles. The summed E-state index contributed by atoms with van der Waals surface area (Å²) in [6, 6.07) is 13.7. The van der Waals surface area contributed by atoms with Gasteiger partial charge in [0.15, 0.2) is 0 Å². The molecule has 0 aliphatic carbocycles. The molecule has 1 aliphatic heterocycles. The molecule has 2 N–H and O–H groups in total. The monoisotopic (exact) mass is 328 g/mol. The Balaban J connectivity index is 1.83. The van der Waals surface area contributed by atoms with E-state index < -0.39 is 0 Å². The largest absolute Gasteiger partial charge is 0.314 e. The summed E-state index contributed by atoms with van der Waals surface area (Å²) in [6.45, 7) is 0. The highest BCUT2D eigenvalue weighted by molar-refractivity contribution is 8.03. The Kier molecular flexibility index (Phi) is 3.33. The number of nitrogens with zero attached hydrogens (tertiary/aromatic N) is 3. The Morgan fingerprint density at radius 3 is 2.95 bits per heavy atom. The molecule has 4 rings (SSSR count). The van der Waals surface area contributed by atoms with Gasteiger partial charge in [-0.1, -0.05) is 35.5 Å². The second kappa shape index (κ2) is 5.35. The van der Waals surface area contributed by atoms with Crippen LogP contribution in [0.25, 0.3) is 11.3 Å². The normalized spacial score (nSPS) is 18.0. The quantitative estimate of drug-likeness (QED) is 0.777. The number of fused-ring (bicyclic) bond motifs is 1. The van der Waals surface area contributed by atoms with E-state index in [1.807, 2.05) is 54.9 Å². The lowest BCUT2D eigenvalue weighted by atomic mass is 10.2. The van der Waals surface area contributed by atoms with Crippen LogP contribution in [0.15, 0.2) is 60.3 Å². The summed E-state index contributed by atoms with van der Waals surface area (Å²) in [5.41, 5.74) is 10.0. The first-order chi connectivity index (χ1) is 10.7. The molecule has 110 valence electrons. The van der Waals surface area contributed by atoms with Crippen molar-refractivity contribution in [3.63, 3.8) is 0 Å². The molecule has 1 atom stereocenters. The molecule has 0 amide bonds. The lowest BCUT2D eigenvalue weighted by molar-refractivity contribution is 0.930. The third kappa shape index (κ3) is 2.18. The van der Waals surface area contributed by atoms with Gasteiger partial charge in [-0.15, -0.1) is 0 Å². The van der Waals surface area contributed by atoms with Crippen molar-refractivity contribution in [2.45, 2.75) is 5.50 Å². The van der Waals surface area contributed by atoms with Crippen LogP contribution >= 0.6 is 23.4 Å². The zero-order valence-corrected chi connectivity index (χ0v) is 13.1. The average Bonchev–Trinajstić information content (AvgIpc) is 3.10. The van der Waals surface area contributed by atoms with Crippen LogP contribution in [-0.4, -0.2) is 14.9 Å². The molecule has 1 aliphatic rings. The Hall–Kier alpha value is -1.95.